The zero-order valence-electron chi connectivity index (χ0n) is 7.53. The van der Waals surface area contributed by atoms with Crippen molar-refractivity contribution >= 4 is 0 Å². The zero-order valence-corrected chi connectivity index (χ0v) is 7.53. The molecule has 4 nitrogen and oxygen atoms in total. The lowest BCUT2D eigenvalue weighted by atomic mass is 10.2. The Morgan fingerprint density at radius 3 is 3.31 bits per heavy atom. The molecule has 0 amide bonds. The Kier molecular flexibility index (Phi) is 2.16. The van der Waals surface area contributed by atoms with Crippen molar-refractivity contribution < 1.29 is 9.94 Å². The number of pyridine rings is 1. The lowest BCUT2D eigenvalue weighted by molar-refractivity contribution is -0.0740. The Bertz CT molecular complexity index is 312. The summed E-state index contributed by atoms with van der Waals surface area (Å²) in [5.74, 6) is 0.879. The number of ether oxygens (including phenoxy) is 1. The second-order valence-corrected chi connectivity index (χ2v) is 3.20. The highest BCUT2D eigenvalue weighted by Crippen LogP contribution is 2.24. The summed E-state index contributed by atoms with van der Waals surface area (Å²) < 4.78 is 5.32. The van der Waals surface area contributed by atoms with Crippen LogP contribution in [-0.2, 0) is 13.0 Å². The standard InChI is InChI=1S/C9H12N2O2/c1-11(12)6-8-4-7-2-3-13-9(7)5-10-8/h4-5,12H,2-3,6H2,1H3. The van der Waals surface area contributed by atoms with E-state index in [4.69, 9.17) is 9.94 Å². The van der Waals surface area contributed by atoms with Crippen LogP contribution in [0.1, 0.15) is 11.3 Å². The van der Waals surface area contributed by atoms with E-state index >= 15 is 0 Å². The van der Waals surface area contributed by atoms with Gasteiger partial charge in [-0.3, -0.25) is 4.98 Å². The first-order valence-electron chi connectivity index (χ1n) is 4.26. The van der Waals surface area contributed by atoms with Crippen LogP contribution < -0.4 is 4.74 Å². The zero-order chi connectivity index (χ0) is 9.26. The molecular formula is C9H12N2O2. The largest absolute Gasteiger partial charge is 0.491 e. The molecule has 0 unspecified atom stereocenters. The van der Waals surface area contributed by atoms with Crippen LogP contribution in [0, 0.1) is 0 Å². The molecule has 0 spiro atoms. The summed E-state index contributed by atoms with van der Waals surface area (Å²) in [5, 5.41) is 10.1. The van der Waals surface area contributed by atoms with Gasteiger partial charge in [0.15, 0.2) is 0 Å². The first-order valence-corrected chi connectivity index (χ1v) is 4.26. The number of hydrogen-bond donors (Lipinski definition) is 1. The molecule has 0 fully saturated rings. The van der Waals surface area contributed by atoms with Gasteiger partial charge in [-0.1, -0.05) is 0 Å². The molecule has 1 aliphatic rings. The maximum atomic E-state index is 9.02. The van der Waals surface area contributed by atoms with E-state index in [1.807, 2.05) is 6.07 Å². The predicted octanol–water partition coefficient (Wildman–Crippen LogP) is 0.838. The minimum atomic E-state index is 0.452. The third-order valence-electron chi connectivity index (χ3n) is 2.02. The summed E-state index contributed by atoms with van der Waals surface area (Å²) >= 11 is 0. The van der Waals surface area contributed by atoms with Gasteiger partial charge in [-0.2, -0.15) is 5.06 Å². The molecule has 1 aromatic rings. The van der Waals surface area contributed by atoms with E-state index < -0.39 is 0 Å². The first kappa shape index (κ1) is 8.47. The fourth-order valence-electron chi connectivity index (χ4n) is 1.45. The van der Waals surface area contributed by atoms with Crippen LogP contribution in [0.5, 0.6) is 5.75 Å². The Morgan fingerprint density at radius 2 is 2.54 bits per heavy atom. The summed E-state index contributed by atoms with van der Waals surface area (Å²) in [6.07, 6.45) is 2.67. The second kappa shape index (κ2) is 3.32. The number of hydrogen-bond acceptors (Lipinski definition) is 4. The van der Waals surface area contributed by atoms with Crippen molar-refractivity contribution in [1.29, 1.82) is 0 Å². The van der Waals surface area contributed by atoms with Crippen LogP contribution in [0.2, 0.25) is 0 Å². The van der Waals surface area contributed by atoms with Crippen LogP contribution in [0.3, 0.4) is 0 Å². The van der Waals surface area contributed by atoms with Gasteiger partial charge < -0.3 is 9.94 Å². The summed E-state index contributed by atoms with van der Waals surface area (Å²) in [4.78, 5) is 4.16. The molecule has 0 atom stereocenters. The lowest BCUT2D eigenvalue weighted by Crippen LogP contribution is -2.12. The van der Waals surface area contributed by atoms with Crippen molar-refractivity contribution in [3.05, 3.63) is 23.5 Å². The normalized spacial score (nSPS) is 14.4. The summed E-state index contributed by atoms with van der Waals surface area (Å²) in [7, 11) is 1.60. The van der Waals surface area contributed by atoms with Crippen LogP contribution in [0.15, 0.2) is 12.3 Å². The maximum Gasteiger partial charge on any atom is 0.140 e. The molecule has 1 aliphatic heterocycles. The molecule has 2 rings (SSSR count). The van der Waals surface area contributed by atoms with Crippen LogP contribution in [-0.4, -0.2) is 28.9 Å². The van der Waals surface area contributed by atoms with E-state index in [9.17, 15) is 0 Å². The van der Waals surface area contributed by atoms with Gasteiger partial charge in [0.05, 0.1) is 25.0 Å². The van der Waals surface area contributed by atoms with E-state index in [1.54, 1.807) is 13.2 Å². The summed E-state index contributed by atoms with van der Waals surface area (Å²) in [5.41, 5.74) is 2.06. The Morgan fingerprint density at radius 1 is 1.69 bits per heavy atom. The van der Waals surface area contributed by atoms with Gasteiger partial charge in [0, 0.05) is 19.0 Å². The Labute approximate surface area is 76.7 Å². The van der Waals surface area contributed by atoms with E-state index in [-0.39, 0.29) is 0 Å². The fraction of sp³-hybridized carbons (Fsp3) is 0.444. The molecule has 13 heavy (non-hydrogen) atoms. The van der Waals surface area contributed by atoms with Crippen molar-refractivity contribution in [2.45, 2.75) is 13.0 Å². The van der Waals surface area contributed by atoms with Gasteiger partial charge >= 0.3 is 0 Å². The quantitative estimate of drug-likeness (QED) is 0.685. The van der Waals surface area contributed by atoms with E-state index in [0.717, 1.165) is 29.5 Å². The maximum absolute atomic E-state index is 9.02. The third kappa shape index (κ3) is 1.79. The number of fused-ring (bicyclic) bond motifs is 1. The molecule has 0 bridgehead atoms. The molecule has 4 heteroatoms. The van der Waals surface area contributed by atoms with Crippen molar-refractivity contribution in [1.82, 2.24) is 10.0 Å². The van der Waals surface area contributed by atoms with Gasteiger partial charge in [0.25, 0.3) is 0 Å². The molecule has 0 saturated carbocycles. The van der Waals surface area contributed by atoms with Crippen molar-refractivity contribution in [3.8, 4) is 5.75 Å². The van der Waals surface area contributed by atoms with Gasteiger partial charge in [0.1, 0.15) is 5.75 Å². The molecule has 1 aromatic heterocycles. The average Bonchev–Trinajstić information content (AvgIpc) is 2.49. The molecule has 0 radical (unpaired) electrons. The number of nitrogens with zero attached hydrogens (tertiary/aromatic N) is 2. The van der Waals surface area contributed by atoms with Crippen LogP contribution >= 0.6 is 0 Å². The van der Waals surface area contributed by atoms with Gasteiger partial charge in [-0.25, -0.2) is 0 Å². The minimum Gasteiger partial charge on any atom is -0.491 e. The highest BCUT2D eigenvalue weighted by atomic mass is 16.5. The SMILES string of the molecule is CN(O)Cc1cc2c(cn1)OCC2. The molecule has 1 N–H and O–H groups in total. The smallest absolute Gasteiger partial charge is 0.140 e. The molecule has 0 aromatic carbocycles. The number of aromatic nitrogens is 1. The predicted molar refractivity (Wildman–Crippen MR) is 46.7 cm³/mol. The number of hydroxylamine groups is 2. The summed E-state index contributed by atoms with van der Waals surface area (Å²) in [6, 6.07) is 1.98. The second-order valence-electron chi connectivity index (χ2n) is 3.20. The van der Waals surface area contributed by atoms with E-state index in [2.05, 4.69) is 4.98 Å². The molecule has 70 valence electrons. The molecule has 2 heterocycles. The van der Waals surface area contributed by atoms with Gasteiger partial charge in [0.2, 0.25) is 0 Å². The minimum absolute atomic E-state index is 0.452. The van der Waals surface area contributed by atoms with Crippen molar-refractivity contribution in [2.24, 2.45) is 0 Å². The average molecular weight is 180 g/mol. The van der Waals surface area contributed by atoms with E-state index in [0.29, 0.717) is 6.54 Å². The third-order valence-corrected chi connectivity index (χ3v) is 2.02. The van der Waals surface area contributed by atoms with Crippen molar-refractivity contribution in [2.75, 3.05) is 13.7 Å². The fourth-order valence-corrected chi connectivity index (χ4v) is 1.45. The number of rotatable bonds is 2. The van der Waals surface area contributed by atoms with E-state index in [1.165, 1.54) is 5.56 Å². The Balaban J connectivity index is 2.21. The first-order chi connectivity index (χ1) is 6.25. The summed E-state index contributed by atoms with van der Waals surface area (Å²) in [6.45, 7) is 1.20. The highest BCUT2D eigenvalue weighted by molar-refractivity contribution is 5.35. The lowest BCUT2D eigenvalue weighted by Gasteiger charge is -2.07. The van der Waals surface area contributed by atoms with Crippen molar-refractivity contribution in [3.63, 3.8) is 0 Å². The Hall–Kier alpha value is -1.13. The molecule has 0 aliphatic carbocycles. The highest BCUT2D eigenvalue weighted by Gasteiger charge is 2.12. The van der Waals surface area contributed by atoms with Crippen LogP contribution in [0.25, 0.3) is 0 Å². The topological polar surface area (TPSA) is 45.6 Å². The van der Waals surface area contributed by atoms with Gasteiger partial charge in [-0.05, 0) is 6.07 Å². The van der Waals surface area contributed by atoms with Crippen LogP contribution in [0.4, 0.5) is 0 Å². The molecular weight excluding hydrogens is 168 g/mol. The molecule has 0 saturated heterocycles. The monoisotopic (exact) mass is 180 g/mol. The van der Waals surface area contributed by atoms with Gasteiger partial charge in [-0.15, -0.1) is 0 Å².